The van der Waals surface area contributed by atoms with Gasteiger partial charge in [0.25, 0.3) is 0 Å². The number of nitrogens with two attached hydrogens (primary N) is 1. The van der Waals surface area contributed by atoms with Crippen LogP contribution < -0.4 is 5.73 Å². The third kappa shape index (κ3) is 5.52. The number of amides is 1. The van der Waals surface area contributed by atoms with Crippen molar-refractivity contribution in [3.05, 3.63) is 0 Å². The third-order valence-corrected chi connectivity index (χ3v) is 4.51. The zero-order valence-electron chi connectivity index (χ0n) is 13.1. The lowest BCUT2D eigenvalue weighted by molar-refractivity contribution is -0.134. The maximum atomic E-state index is 12.5. The van der Waals surface area contributed by atoms with E-state index in [9.17, 15) is 4.79 Å². The van der Waals surface area contributed by atoms with E-state index in [1.807, 2.05) is 0 Å². The zero-order chi connectivity index (χ0) is 14.3. The fourth-order valence-corrected chi connectivity index (χ4v) is 3.03. The van der Waals surface area contributed by atoms with E-state index in [1.165, 1.54) is 25.7 Å². The highest BCUT2D eigenvalue weighted by Gasteiger charge is 2.26. The minimum absolute atomic E-state index is 0.192. The summed E-state index contributed by atoms with van der Waals surface area (Å²) < 4.78 is 0. The molecule has 0 radical (unpaired) electrons. The van der Waals surface area contributed by atoms with Crippen LogP contribution >= 0.6 is 0 Å². The summed E-state index contributed by atoms with van der Waals surface area (Å²) in [6, 6.07) is 0.479. The van der Waals surface area contributed by atoms with E-state index < -0.39 is 0 Å². The smallest absolute Gasteiger partial charge is 0.222 e. The van der Waals surface area contributed by atoms with E-state index >= 15 is 0 Å². The molecule has 19 heavy (non-hydrogen) atoms. The minimum Gasteiger partial charge on any atom is -0.340 e. The van der Waals surface area contributed by atoms with Gasteiger partial charge in [0.15, 0.2) is 0 Å². The molecule has 1 rings (SSSR count). The van der Waals surface area contributed by atoms with Crippen LogP contribution in [0, 0.1) is 5.41 Å². The fourth-order valence-electron chi connectivity index (χ4n) is 3.03. The van der Waals surface area contributed by atoms with E-state index in [0.717, 1.165) is 25.8 Å². The van der Waals surface area contributed by atoms with Crippen molar-refractivity contribution >= 4 is 5.91 Å². The Hall–Kier alpha value is -0.570. The first-order chi connectivity index (χ1) is 9.00. The Kier molecular flexibility index (Phi) is 6.84. The van der Waals surface area contributed by atoms with Crippen LogP contribution in [0.3, 0.4) is 0 Å². The topological polar surface area (TPSA) is 46.3 Å². The molecule has 1 fully saturated rings. The van der Waals surface area contributed by atoms with Gasteiger partial charge < -0.3 is 10.6 Å². The van der Waals surface area contributed by atoms with Crippen molar-refractivity contribution in [3.63, 3.8) is 0 Å². The van der Waals surface area contributed by atoms with Crippen molar-refractivity contribution in [3.8, 4) is 0 Å². The van der Waals surface area contributed by atoms with Gasteiger partial charge >= 0.3 is 0 Å². The molecule has 1 aliphatic rings. The Morgan fingerprint density at radius 1 is 1.26 bits per heavy atom. The number of nitrogens with zero attached hydrogens (tertiary/aromatic N) is 1. The molecule has 1 heterocycles. The molecule has 1 amide bonds. The summed E-state index contributed by atoms with van der Waals surface area (Å²) in [5, 5.41) is 0. The van der Waals surface area contributed by atoms with Crippen LogP contribution in [0.2, 0.25) is 0 Å². The van der Waals surface area contributed by atoms with Gasteiger partial charge in [-0.25, -0.2) is 0 Å². The van der Waals surface area contributed by atoms with Crippen LogP contribution in [0.25, 0.3) is 0 Å². The summed E-state index contributed by atoms with van der Waals surface area (Å²) in [7, 11) is 0. The SMILES string of the molecule is CCC1CCCCCN1C(=O)CCC(C)(C)CCN. The van der Waals surface area contributed by atoms with Gasteiger partial charge in [-0.1, -0.05) is 33.6 Å². The first kappa shape index (κ1) is 16.5. The first-order valence-electron chi connectivity index (χ1n) is 7.99. The van der Waals surface area contributed by atoms with Crippen molar-refractivity contribution in [2.24, 2.45) is 11.1 Å². The van der Waals surface area contributed by atoms with Gasteiger partial charge in [0.05, 0.1) is 0 Å². The lowest BCUT2D eigenvalue weighted by Gasteiger charge is -2.31. The molecule has 112 valence electrons. The van der Waals surface area contributed by atoms with Crippen molar-refractivity contribution in [2.45, 2.75) is 78.2 Å². The van der Waals surface area contributed by atoms with Crippen molar-refractivity contribution < 1.29 is 4.79 Å². The van der Waals surface area contributed by atoms with E-state index in [2.05, 4.69) is 25.7 Å². The summed E-state index contributed by atoms with van der Waals surface area (Å²) >= 11 is 0. The van der Waals surface area contributed by atoms with Gasteiger partial charge in [-0.2, -0.15) is 0 Å². The molecule has 0 spiro atoms. The highest BCUT2D eigenvalue weighted by Crippen LogP contribution is 2.27. The minimum atomic E-state index is 0.192. The Balaban J connectivity index is 2.50. The molecule has 3 heteroatoms. The maximum absolute atomic E-state index is 12.5. The fraction of sp³-hybridized carbons (Fsp3) is 0.938. The standard InChI is InChI=1S/C16H32N2O/c1-4-14-8-6-5-7-13-18(14)15(19)9-10-16(2,3)11-12-17/h14H,4-13,17H2,1-3H3. The highest BCUT2D eigenvalue weighted by atomic mass is 16.2. The Morgan fingerprint density at radius 2 is 2.00 bits per heavy atom. The number of rotatable bonds is 6. The monoisotopic (exact) mass is 268 g/mol. The average Bonchev–Trinajstić information content (AvgIpc) is 2.61. The molecule has 2 N–H and O–H groups in total. The lowest BCUT2D eigenvalue weighted by atomic mass is 9.84. The number of likely N-dealkylation sites (tertiary alicyclic amines) is 1. The van der Waals surface area contributed by atoms with Gasteiger partial charge in [-0.15, -0.1) is 0 Å². The van der Waals surface area contributed by atoms with Crippen LogP contribution in [-0.2, 0) is 4.79 Å². The molecule has 1 unspecified atom stereocenters. The maximum Gasteiger partial charge on any atom is 0.222 e. The largest absolute Gasteiger partial charge is 0.340 e. The second-order valence-electron chi connectivity index (χ2n) is 6.70. The molecule has 1 aliphatic heterocycles. The summed E-state index contributed by atoms with van der Waals surface area (Å²) in [5.74, 6) is 0.360. The zero-order valence-corrected chi connectivity index (χ0v) is 13.1. The van der Waals surface area contributed by atoms with Crippen molar-refractivity contribution in [1.82, 2.24) is 4.90 Å². The molecule has 0 aromatic rings. The molecule has 0 aromatic carbocycles. The van der Waals surface area contributed by atoms with Crippen LogP contribution in [0.1, 0.15) is 72.1 Å². The Bertz CT molecular complexity index is 276. The van der Waals surface area contributed by atoms with E-state index in [4.69, 9.17) is 5.73 Å². The predicted octanol–water partition coefficient (Wildman–Crippen LogP) is 3.32. The molecule has 3 nitrogen and oxygen atoms in total. The van der Waals surface area contributed by atoms with Crippen LogP contribution in [-0.4, -0.2) is 29.9 Å². The van der Waals surface area contributed by atoms with Crippen molar-refractivity contribution in [2.75, 3.05) is 13.1 Å². The van der Waals surface area contributed by atoms with E-state index in [-0.39, 0.29) is 5.41 Å². The van der Waals surface area contributed by atoms with Crippen LogP contribution in [0.5, 0.6) is 0 Å². The molecule has 1 saturated heterocycles. The van der Waals surface area contributed by atoms with Gasteiger partial charge in [-0.05, 0) is 44.1 Å². The summed E-state index contributed by atoms with van der Waals surface area (Å²) in [4.78, 5) is 14.6. The molecular weight excluding hydrogens is 236 g/mol. The molecule has 0 aliphatic carbocycles. The van der Waals surface area contributed by atoms with E-state index in [1.54, 1.807) is 0 Å². The van der Waals surface area contributed by atoms with Gasteiger partial charge in [0.2, 0.25) is 5.91 Å². The highest BCUT2D eigenvalue weighted by molar-refractivity contribution is 5.76. The van der Waals surface area contributed by atoms with Crippen molar-refractivity contribution in [1.29, 1.82) is 0 Å². The predicted molar refractivity (Wildman–Crippen MR) is 80.9 cm³/mol. The quantitative estimate of drug-likeness (QED) is 0.803. The van der Waals surface area contributed by atoms with Gasteiger partial charge in [0.1, 0.15) is 0 Å². The van der Waals surface area contributed by atoms with Crippen LogP contribution in [0.15, 0.2) is 0 Å². The average molecular weight is 268 g/mol. The molecular formula is C16H32N2O. The second-order valence-corrected chi connectivity index (χ2v) is 6.70. The molecule has 1 atom stereocenters. The molecule has 0 saturated carbocycles. The van der Waals surface area contributed by atoms with Gasteiger partial charge in [0, 0.05) is 19.0 Å². The van der Waals surface area contributed by atoms with E-state index in [0.29, 0.717) is 24.9 Å². The number of carbonyl (C=O) groups excluding carboxylic acids is 1. The molecule has 0 aromatic heterocycles. The number of hydrogen-bond acceptors (Lipinski definition) is 2. The summed E-state index contributed by atoms with van der Waals surface area (Å²) in [6.45, 7) is 8.31. The number of carbonyl (C=O) groups is 1. The Labute approximate surface area is 118 Å². The third-order valence-electron chi connectivity index (χ3n) is 4.51. The second kappa shape index (κ2) is 7.88. The lowest BCUT2D eigenvalue weighted by Crippen LogP contribution is -2.40. The van der Waals surface area contributed by atoms with Gasteiger partial charge in [-0.3, -0.25) is 4.79 Å². The first-order valence-corrected chi connectivity index (χ1v) is 7.99. The normalized spacial score (nSPS) is 21.3. The Morgan fingerprint density at radius 3 is 2.63 bits per heavy atom. The van der Waals surface area contributed by atoms with Crippen LogP contribution in [0.4, 0.5) is 0 Å². The summed E-state index contributed by atoms with van der Waals surface area (Å²) in [6.07, 6.45) is 8.65. The number of hydrogen-bond donors (Lipinski definition) is 1. The summed E-state index contributed by atoms with van der Waals surface area (Å²) in [5.41, 5.74) is 5.83. The molecule has 0 bridgehead atoms.